The van der Waals surface area contributed by atoms with Gasteiger partial charge in [0.25, 0.3) is 0 Å². The van der Waals surface area contributed by atoms with E-state index in [2.05, 4.69) is 10.0 Å². The summed E-state index contributed by atoms with van der Waals surface area (Å²) >= 11 is 0. The number of azide groups is 1. The highest BCUT2D eigenvalue weighted by Gasteiger charge is 2.58. The molecule has 7 aliphatic rings. The number of fused-ring (bicyclic) bond motifs is 2. The molecule has 0 saturated carbocycles. The minimum Gasteiger partial charge on any atom is -0.394 e. The molecule has 7 saturated heterocycles. The van der Waals surface area contributed by atoms with Crippen LogP contribution in [-0.4, -0.2) is 241 Å². The van der Waals surface area contributed by atoms with Gasteiger partial charge in [0.1, 0.15) is 61.0 Å². The van der Waals surface area contributed by atoms with E-state index in [0.717, 1.165) is 39.4 Å². The maximum absolute atomic E-state index is 12.8. The summed E-state index contributed by atoms with van der Waals surface area (Å²) in [6.45, 7) is 10.4. The van der Waals surface area contributed by atoms with Crippen molar-refractivity contribution in [1.29, 1.82) is 0 Å². The van der Waals surface area contributed by atoms with Gasteiger partial charge in [-0.1, -0.05) is 180 Å². The van der Waals surface area contributed by atoms with E-state index >= 15 is 0 Å². The second kappa shape index (κ2) is 38.7. The predicted octanol–water partition coefficient (Wildman–Crippen LogP) is 6.64. The number of hydrogen-bond donors (Lipinski definition) is 8. The van der Waals surface area contributed by atoms with Crippen molar-refractivity contribution in [3.63, 3.8) is 0 Å². The molecule has 28 nitrogen and oxygen atoms in total. The Balaban J connectivity index is 0.764. The molecule has 31 atom stereocenters. The lowest BCUT2D eigenvalue weighted by atomic mass is 9.85. The maximum Gasteiger partial charge on any atom is 0.187 e. The summed E-state index contributed by atoms with van der Waals surface area (Å²) in [7, 11) is 0. The highest BCUT2D eigenvalue weighted by atomic mass is 16.8. The third-order valence-corrected chi connectivity index (χ3v) is 22.0. The molecule has 7 aliphatic heterocycles. The summed E-state index contributed by atoms with van der Waals surface area (Å²) in [5, 5.41) is 99.5. The summed E-state index contributed by atoms with van der Waals surface area (Å²) in [6, 6.07) is 42.6. The van der Waals surface area contributed by atoms with Crippen LogP contribution in [-0.2, 0) is 100 Å². The molecule has 0 spiro atoms. The Morgan fingerprint density at radius 1 is 0.458 bits per heavy atom. The smallest absolute Gasteiger partial charge is 0.187 e. The van der Waals surface area contributed by atoms with Crippen LogP contribution in [0.25, 0.3) is 21.2 Å². The van der Waals surface area contributed by atoms with E-state index in [9.17, 15) is 40.9 Å². The van der Waals surface area contributed by atoms with E-state index in [-0.39, 0.29) is 39.6 Å². The number of aliphatic hydroxyl groups excluding tert-OH is 8. The Morgan fingerprint density at radius 2 is 0.972 bits per heavy atom. The van der Waals surface area contributed by atoms with Crippen LogP contribution >= 0.6 is 0 Å². The first-order valence-corrected chi connectivity index (χ1v) is 37.7. The molecule has 28 heteroatoms. The fourth-order valence-electron chi connectivity index (χ4n) is 15.6. The van der Waals surface area contributed by atoms with E-state index in [0.29, 0.717) is 26.0 Å². The quantitative estimate of drug-likeness (QED) is 0.00943. The van der Waals surface area contributed by atoms with Crippen LogP contribution in [0, 0.1) is 35.5 Å². The highest BCUT2D eigenvalue weighted by Crippen LogP contribution is 2.45. The fraction of sp³-hybridized carbons (Fsp3) is 0.646. The van der Waals surface area contributed by atoms with Crippen LogP contribution in [0.15, 0.2) is 139 Å². The van der Waals surface area contributed by atoms with Gasteiger partial charge in [0.15, 0.2) is 44.0 Å². The monoisotopic (exact) mass is 1500 g/mol. The molecule has 7 fully saturated rings. The molecule has 0 radical (unpaired) electrons. The number of nitrogens with zero attached hydrogens (tertiary/aromatic N) is 3. The van der Waals surface area contributed by atoms with Crippen LogP contribution in [0.2, 0.25) is 0 Å². The summed E-state index contributed by atoms with van der Waals surface area (Å²) in [5.74, 6) is -3.96. The second-order valence-electron chi connectivity index (χ2n) is 29.4. The van der Waals surface area contributed by atoms with E-state index in [4.69, 9.17) is 86.1 Å². The first kappa shape index (κ1) is 81.2. The lowest BCUT2D eigenvalue weighted by Crippen LogP contribution is -2.64. The summed E-state index contributed by atoms with van der Waals surface area (Å²) in [5.41, 5.74) is 12.2. The standard InChI is InChI=1S/C79H107N3O25/c1-43-56(35-84)96-74(107-72-64(90)79(105-70(72)55(86)34-83)104-69-48(6)73(93-32-20-10-19-31-81-82-80)100-60-42-95-76(106-71(60)69)53-26-15-9-16-27-53)46(4)65(43)101-78-63(89)67(45(3)59(99-78)41-92-38-50-23-13-8-14-24-50)102-75-47(5)68(61(87)57(36-85)97-75)103-77-62(88)66(94-39-51-29-30-52-25-17-18-28-54(52)33-51)44(2)58(98-77)40-91-37-49-21-11-7-12-22-49/h7-9,11-18,21-30,33,43-48,55-79,83-90H,10,19-20,31-32,34-42H2,1-6H3/t43?,44?,45?,46?,47?,48?,55-,56?,57?,58?,59?,60?,61?,62?,63?,64?,65?,66?,67?,68?,69?,70?,71?,72?,73?,74?,75?,76?,77?,78?,79?/m1/s1. The van der Waals surface area contributed by atoms with Crippen LogP contribution in [0.5, 0.6) is 0 Å². The average Bonchev–Trinajstić information content (AvgIpc) is 1.74. The molecule has 107 heavy (non-hydrogen) atoms. The molecular weight excluding hydrogens is 1390 g/mol. The van der Waals surface area contributed by atoms with Gasteiger partial charge in [-0.3, -0.25) is 0 Å². The molecule has 12 rings (SSSR count). The molecular formula is C79H107N3O25. The van der Waals surface area contributed by atoms with Crippen LogP contribution < -0.4 is 0 Å². The summed E-state index contributed by atoms with van der Waals surface area (Å²) in [4.78, 5) is 2.83. The first-order chi connectivity index (χ1) is 51.9. The van der Waals surface area contributed by atoms with Gasteiger partial charge in [0.2, 0.25) is 0 Å². The molecule has 30 unspecified atom stereocenters. The molecule has 8 N–H and O–H groups in total. The van der Waals surface area contributed by atoms with Crippen LogP contribution in [0.4, 0.5) is 0 Å². The average molecular weight is 1500 g/mol. The number of hydrogen-bond acceptors (Lipinski definition) is 26. The Labute approximate surface area is 623 Å². The summed E-state index contributed by atoms with van der Waals surface area (Å²) in [6.07, 6.45) is -27.6. The Morgan fingerprint density at radius 3 is 1.62 bits per heavy atom. The van der Waals surface area contributed by atoms with Crippen molar-refractivity contribution in [2.24, 2.45) is 40.6 Å². The zero-order valence-corrected chi connectivity index (χ0v) is 61.4. The Hall–Kier alpha value is -5.33. The van der Waals surface area contributed by atoms with Gasteiger partial charge in [-0.2, -0.15) is 0 Å². The third-order valence-electron chi connectivity index (χ3n) is 22.0. The molecule has 5 aromatic carbocycles. The van der Waals surface area contributed by atoms with Gasteiger partial charge in [-0.05, 0) is 51.9 Å². The van der Waals surface area contributed by atoms with Crippen molar-refractivity contribution in [2.75, 3.05) is 52.8 Å². The van der Waals surface area contributed by atoms with Crippen LogP contribution in [0.3, 0.4) is 0 Å². The van der Waals surface area contributed by atoms with E-state index in [1.54, 1.807) is 20.8 Å². The van der Waals surface area contributed by atoms with Crippen molar-refractivity contribution in [2.45, 2.75) is 235 Å². The normalized spacial score (nSPS) is 38.4. The van der Waals surface area contributed by atoms with Crippen molar-refractivity contribution >= 4 is 10.8 Å². The van der Waals surface area contributed by atoms with Crippen LogP contribution in [0.1, 0.15) is 89.3 Å². The predicted molar refractivity (Wildman–Crippen MR) is 381 cm³/mol. The highest BCUT2D eigenvalue weighted by molar-refractivity contribution is 5.83. The van der Waals surface area contributed by atoms with Gasteiger partial charge in [-0.15, -0.1) is 0 Å². The molecule has 0 amide bonds. The zero-order valence-electron chi connectivity index (χ0n) is 61.4. The molecule has 7 heterocycles. The topological polar surface area (TPSA) is 368 Å². The largest absolute Gasteiger partial charge is 0.394 e. The van der Waals surface area contributed by atoms with Crippen molar-refractivity contribution in [1.82, 2.24) is 0 Å². The van der Waals surface area contributed by atoms with E-state index < -0.39 is 209 Å². The first-order valence-electron chi connectivity index (χ1n) is 37.7. The SMILES string of the molecule is CC1C(CO)OC(OC2C(O)C(OC3C(C)C(OCCCCCN=[N+]=[N-])OC4COC(c5ccccc5)OC43)OC2[C@H](O)CO)C(C)C1OC1OC(COCc2ccccc2)C(C)C(OC2OC(CO)C(O)C(OC3OC(COCc4ccccc4)C(C)C(OCc4ccc5ccccc5c4)C3O)C2C)C1O. The molecule has 5 aromatic rings. The van der Waals surface area contributed by atoms with E-state index in [1.807, 2.05) is 154 Å². The van der Waals surface area contributed by atoms with Gasteiger partial charge in [0, 0.05) is 59.1 Å². The molecule has 0 bridgehead atoms. The number of benzene rings is 5. The second-order valence-corrected chi connectivity index (χ2v) is 29.4. The van der Waals surface area contributed by atoms with Crippen molar-refractivity contribution in [3.05, 3.63) is 166 Å². The molecule has 0 aromatic heterocycles. The number of unbranched alkanes of at least 4 members (excludes halogenated alkanes) is 2. The lowest BCUT2D eigenvalue weighted by Gasteiger charge is -2.51. The number of rotatable bonds is 33. The third kappa shape index (κ3) is 19.6. The summed E-state index contributed by atoms with van der Waals surface area (Å²) < 4.78 is 112. The Kier molecular flexibility index (Phi) is 29.4. The van der Waals surface area contributed by atoms with Gasteiger partial charge < -0.3 is 121 Å². The number of aliphatic hydroxyl groups is 8. The number of ether oxygens (including phenoxy) is 17. The zero-order chi connectivity index (χ0) is 75.3. The van der Waals surface area contributed by atoms with Gasteiger partial charge in [-0.25, -0.2) is 0 Å². The molecule has 588 valence electrons. The minimum absolute atomic E-state index is 0.0132. The van der Waals surface area contributed by atoms with Gasteiger partial charge in [0.05, 0.1) is 108 Å². The van der Waals surface area contributed by atoms with Crippen molar-refractivity contribution < 1.29 is 121 Å². The van der Waals surface area contributed by atoms with E-state index in [1.165, 1.54) is 0 Å². The fourth-order valence-corrected chi connectivity index (χ4v) is 15.6. The minimum atomic E-state index is -1.65. The van der Waals surface area contributed by atoms with Crippen molar-refractivity contribution in [3.8, 4) is 0 Å². The Bertz CT molecular complexity index is 3520. The lowest BCUT2D eigenvalue weighted by molar-refractivity contribution is -0.377. The van der Waals surface area contributed by atoms with Gasteiger partial charge >= 0.3 is 0 Å². The maximum atomic E-state index is 12.8. The molecule has 0 aliphatic carbocycles.